The molecule has 1 heterocycles. The first-order valence-electron chi connectivity index (χ1n) is 8.43. The third-order valence-corrected chi connectivity index (χ3v) is 5.33. The Morgan fingerprint density at radius 1 is 1.19 bits per heavy atom. The number of aryl methyl sites for hydroxylation is 1. The maximum Gasteiger partial charge on any atom is 0.286 e. The van der Waals surface area contributed by atoms with Gasteiger partial charge in [-0.3, -0.25) is 4.79 Å². The Hall–Kier alpha value is -2.67. The summed E-state index contributed by atoms with van der Waals surface area (Å²) >= 11 is 0. The lowest BCUT2D eigenvalue weighted by molar-refractivity contribution is -0.114. The van der Waals surface area contributed by atoms with E-state index in [1.807, 2.05) is 43.0 Å². The standard InChI is InChI=1S/C19H21N3O3S/c1-4-10-22-17-9-8-16(20-14(3)23)12-18(17)26(24,25)21-19(22)15-7-5-6-13(2)11-15/h5-9,11-12H,4,10H2,1-3H3,(H,20,23). The lowest BCUT2D eigenvalue weighted by atomic mass is 10.1. The van der Waals surface area contributed by atoms with Gasteiger partial charge in [-0.1, -0.05) is 30.7 Å². The average molecular weight is 371 g/mol. The summed E-state index contributed by atoms with van der Waals surface area (Å²) in [6.45, 7) is 6.00. The fourth-order valence-corrected chi connectivity index (χ4v) is 4.24. The van der Waals surface area contributed by atoms with Crippen molar-refractivity contribution in [2.24, 2.45) is 4.40 Å². The number of benzene rings is 2. The molecule has 2 aromatic carbocycles. The lowest BCUT2D eigenvalue weighted by Gasteiger charge is -2.31. The van der Waals surface area contributed by atoms with Crippen molar-refractivity contribution < 1.29 is 13.2 Å². The van der Waals surface area contributed by atoms with Crippen LogP contribution in [0.5, 0.6) is 0 Å². The molecule has 3 rings (SSSR count). The van der Waals surface area contributed by atoms with E-state index in [1.54, 1.807) is 12.1 Å². The van der Waals surface area contributed by atoms with Crippen LogP contribution < -0.4 is 10.2 Å². The van der Waals surface area contributed by atoms with E-state index in [-0.39, 0.29) is 10.8 Å². The molecule has 0 aromatic heterocycles. The van der Waals surface area contributed by atoms with Gasteiger partial charge in [0.05, 0.1) is 5.69 Å². The number of fused-ring (bicyclic) bond motifs is 1. The summed E-state index contributed by atoms with van der Waals surface area (Å²) in [6, 6.07) is 12.5. The molecule has 0 aliphatic carbocycles. The monoisotopic (exact) mass is 371 g/mol. The topological polar surface area (TPSA) is 78.8 Å². The molecule has 0 saturated heterocycles. The van der Waals surface area contributed by atoms with Gasteiger partial charge in [0, 0.05) is 24.7 Å². The molecule has 1 amide bonds. The van der Waals surface area contributed by atoms with Gasteiger partial charge in [-0.25, -0.2) is 0 Å². The van der Waals surface area contributed by atoms with E-state index in [0.29, 0.717) is 23.8 Å². The molecule has 0 fully saturated rings. The molecule has 2 aromatic rings. The van der Waals surface area contributed by atoms with E-state index in [1.165, 1.54) is 13.0 Å². The number of hydrogen-bond donors (Lipinski definition) is 1. The highest BCUT2D eigenvalue weighted by molar-refractivity contribution is 7.90. The van der Waals surface area contributed by atoms with E-state index in [0.717, 1.165) is 17.5 Å². The molecule has 0 atom stereocenters. The zero-order valence-electron chi connectivity index (χ0n) is 15.0. The fourth-order valence-electron chi connectivity index (χ4n) is 2.99. The number of hydrogen-bond acceptors (Lipinski definition) is 4. The minimum absolute atomic E-state index is 0.105. The van der Waals surface area contributed by atoms with Crippen LogP contribution in [0.15, 0.2) is 51.8 Å². The fraction of sp³-hybridized carbons (Fsp3) is 0.263. The van der Waals surface area contributed by atoms with Gasteiger partial charge < -0.3 is 10.2 Å². The largest absolute Gasteiger partial charge is 0.326 e. The maximum atomic E-state index is 12.8. The summed E-state index contributed by atoms with van der Waals surface area (Å²) in [4.78, 5) is 13.3. The Bertz CT molecular complexity index is 997. The SMILES string of the molecule is CCCN1C(c2cccc(C)c2)=NS(=O)(=O)c2cc(NC(C)=O)ccc21. The van der Waals surface area contributed by atoms with Crippen molar-refractivity contribution in [2.45, 2.75) is 32.1 Å². The molecule has 0 unspecified atom stereocenters. The Morgan fingerprint density at radius 3 is 2.62 bits per heavy atom. The van der Waals surface area contributed by atoms with Gasteiger partial charge in [-0.15, -0.1) is 4.40 Å². The molecule has 0 saturated carbocycles. The van der Waals surface area contributed by atoms with Crippen LogP contribution in [0.25, 0.3) is 0 Å². The molecule has 1 N–H and O–H groups in total. The number of carbonyl (C=O) groups is 1. The lowest BCUT2D eigenvalue weighted by Crippen LogP contribution is -2.37. The van der Waals surface area contributed by atoms with Crippen LogP contribution in [0.2, 0.25) is 0 Å². The number of nitrogens with zero attached hydrogens (tertiary/aromatic N) is 2. The number of amidine groups is 1. The van der Waals surface area contributed by atoms with E-state index in [2.05, 4.69) is 9.71 Å². The zero-order chi connectivity index (χ0) is 18.9. The van der Waals surface area contributed by atoms with Crippen molar-refractivity contribution >= 4 is 33.1 Å². The van der Waals surface area contributed by atoms with Gasteiger partial charge in [0.2, 0.25) is 5.91 Å². The highest BCUT2D eigenvalue weighted by atomic mass is 32.2. The Morgan fingerprint density at radius 2 is 1.96 bits per heavy atom. The molecule has 0 radical (unpaired) electrons. The summed E-state index contributed by atoms with van der Waals surface area (Å²) in [5.74, 6) is 0.169. The van der Waals surface area contributed by atoms with Gasteiger partial charge >= 0.3 is 0 Å². The first-order chi connectivity index (χ1) is 12.3. The summed E-state index contributed by atoms with van der Waals surface area (Å²) < 4.78 is 29.7. The normalized spacial score (nSPS) is 15.2. The van der Waals surface area contributed by atoms with Crippen LogP contribution >= 0.6 is 0 Å². The number of sulfonamides is 1. The van der Waals surface area contributed by atoms with Gasteiger partial charge in [0.15, 0.2) is 5.84 Å². The van der Waals surface area contributed by atoms with Crippen molar-refractivity contribution in [3.8, 4) is 0 Å². The average Bonchev–Trinajstić information content (AvgIpc) is 2.57. The third-order valence-electron chi connectivity index (χ3n) is 4.03. The van der Waals surface area contributed by atoms with E-state index >= 15 is 0 Å². The highest BCUT2D eigenvalue weighted by Gasteiger charge is 2.31. The number of nitrogens with one attached hydrogen (secondary N) is 1. The molecule has 6 nitrogen and oxygen atoms in total. The maximum absolute atomic E-state index is 12.8. The number of amides is 1. The molecule has 1 aliphatic rings. The third kappa shape index (κ3) is 3.48. The Labute approximate surface area is 153 Å². The second kappa shape index (κ2) is 6.92. The molecular formula is C19H21N3O3S. The molecular weight excluding hydrogens is 350 g/mol. The molecule has 7 heteroatoms. The summed E-state index contributed by atoms with van der Waals surface area (Å²) in [7, 11) is -3.87. The van der Waals surface area contributed by atoms with Crippen LogP contribution in [-0.4, -0.2) is 26.7 Å². The van der Waals surface area contributed by atoms with Crippen molar-refractivity contribution in [1.29, 1.82) is 0 Å². The van der Waals surface area contributed by atoms with Gasteiger partial charge in [-0.05, 0) is 37.6 Å². The van der Waals surface area contributed by atoms with Crippen LogP contribution in [0, 0.1) is 6.92 Å². The van der Waals surface area contributed by atoms with Crippen LogP contribution in [-0.2, 0) is 14.8 Å². The Kier molecular flexibility index (Phi) is 4.82. The van der Waals surface area contributed by atoms with Crippen molar-refractivity contribution in [3.05, 3.63) is 53.6 Å². The van der Waals surface area contributed by atoms with E-state index < -0.39 is 10.0 Å². The smallest absolute Gasteiger partial charge is 0.286 e. The second-order valence-corrected chi connectivity index (χ2v) is 7.85. The van der Waals surface area contributed by atoms with Crippen molar-refractivity contribution in [2.75, 3.05) is 16.8 Å². The predicted molar refractivity (Wildman–Crippen MR) is 103 cm³/mol. The molecule has 1 aliphatic heterocycles. The zero-order valence-corrected chi connectivity index (χ0v) is 15.8. The van der Waals surface area contributed by atoms with Gasteiger partial charge in [0.25, 0.3) is 10.0 Å². The number of rotatable bonds is 4. The number of anilines is 2. The molecule has 0 bridgehead atoms. The van der Waals surface area contributed by atoms with Crippen molar-refractivity contribution in [1.82, 2.24) is 0 Å². The van der Waals surface area contributed by atoms with E-state index in [9.17, 15) is 13.2 Å². The molecule has 136 valence electrons. The van der Waals surface area contributed by atoms with Crippen molar-refractivity contribution in [3.63, 3.8) is 0 Å². The summed E-state index contributed by atoms with van der Waals surface area (Å²) in [5, 5.41) is 2.62. The number of carbonyl (C=O) groups excluding carboxylic acids is 1. The van der Waals surface area contributed by atoms with Crippen LogP contribution in [0.1, 0.15) is 31.4 Å². The van der Waals surface area contributed by atoms with Gasteiger partial charge in [-0.2, -0.15) is 8.42 Å². The summed E-state index contributed by atoms with van der Waals surface area (Å²) in [6.07, 6.45) is 0.831. The first kappa shape index (κ1) is 18.1. The predicted octanol–water partition coefficient (Wildman–Crippen LogP) is 3.32. The summed E-state index contributed by atoms with van der Waals surface area (Å²) in [5.41, 5.74) is 2.81. The van der Waals surface area contributed by atoms with Crippen LogP contribution in [0.4, 0.5) is 11.4 Å². The van der Waals surface area contributed by atoms with Gasteiger partial charge in [0.1, 0.15) is 4.90 Å². The minimum Gasteiger partial charge on any atom is -0.326 e. The van der Waals surface area contributed by atoms with Crippen LogP contribution in [0.3, 0.4) is 0 Å². The quantitative estimate of drug-likeness (QED) is 0.894. The Balaban J connectivity index is 2.17. The highest BCUT2D eigenvalue weighted by Crippen LogP contribution is 2.35. The van der Waals surface area contributed by atoms with E-state index in [4.69, 9.17) is 0 Å². The molecule has 0 spiro atoms. The molecule has 26 heavy (non-hydrogen) atoms. The first-order valence-corrected chi connectivity index (χ1v) is 9.87. The minimum atomic E-state index is -3.87. The second-order valence-electron chi connectivity index (χ2n) is 6.27.